The van der Waals surface area contributed by atoms with E-state index in [0.717, 1.165) is 51.4 Å². The Morgan fingerprint density at radius 3 is 1.65 bits per heavy atom. The van der Waals surface area contributed by atoms with Crippen LogP contribution >= 0.6 is 0 Å². The highest BCUT2D eigenvalue weighted by atomic mass is 16.5. The first-order chi connectivity index (χ1) is 12.7. The standard InChI is InChI=1S/C24H38O2/c1-4-6-7-8-9-10-11-12-13-14-15-16-17-18-19-20-21-24(5-2)22-26-23(3)25/h6-7,9-10,12-13,15-16,18-19,24H,4-5,8,11,14,17,20-22H2,1-3H3. The van der Waals surface area contributed by atoms with Crippen LogP contribution in [0, 0.1) is 5.92 Å². The van der Waals surface area contributed by atoms with Crippen LogP contribution in [0.25, 0.3) is 0 Å². The van der Waals surface area contributed by atoms with Crippen molar-refractivity contribution in [3.05, 3.63) is 60.8 Å². The van der Waals surface area contributed by atoms with E-state index in [9.17, 15) is 4.79 Å². The second kappa shape index (κ2) is 19.5. The van der Waals surface area contributed by atoms with Crippen LogP contribution in [-0.4, -0.2) is 12.6 Å². The summed E-state index contributed by atoms with van der Waals surface area (Å²) in [4.78, 5) is 10.8. The van der Waals surface area contributed by atoms with Crippen LogP contribution in [0.5, 0.6) is 0 Å². The van der Waals surface area contributed by atoms with Gasteiger partial charge in [-0.3, -0.25) is 4.79 Å². The maximum absolute atomic E-state index is 10.8. The van der Waals surface area contributed by atoms with Crippen molar-refractivity contribution in [2.45, 2.75) is 72.1 Å². The van der Waals surface area contributed by atoms with Crippen molar-refractivity contribution in [3.63, 3.8) is 0 Å². The normalized spacial score (nSPS) is 13.8. The van der Waals surface area contributed by atoms with Crippen LogP contribution in [0.15, 0.2) is 60.8 Å². The minimum absolute atomic E-state index is 0.182. The molecule has 0 aromatic carbocycles. The zero-order chi connectivity index (χ0) is 19.3. The summed E-state index contributed by atoms with van der Waals surface area (Å²) >= 11 is 0. The number of carbonyl (C=O) groups is 1. The van der Waals surface area contributed by atoms with Crippen molar-refractivity contribution in [2.75, 3.05) is 6.61 Å². The Bertz CT molecular complexity index is 467. The molecule has 0 bridgehead atoms. The molecule has 146 valence electrons. The largest absolute Gasteiger partial charge is 0.466 e. The fourth-order valence-electron chi connectivity index (χ4n) is 2.34. The monoisotopic (exact) mass is 358 g/mol. The lowest BCUT2D eigenvalue weighted by atomic mass is 10.0. The number of hydrogen-bond donors (Lipinski definition) is 0. The summed E-state index contributed by atoms with van der Waals surface area (Å²) in [7, 11) is 0. The molecule has 1 atom stereocenters. The first kappa shape index (κ1) is 24.2. The Labute approximate surface area is 161 Å². The van der Waals surface area contributed by atoms with E-state index in [2.05, 4.69) is 74.6 Å². The molecule has 26 heavy (non-hydrogen) atoms. The lowest BCUT2D eigenvalue weighted by molar-refractivity contribution is -0.142. The van der Waals surface area contributed by atoms with Crippen LogP contribution in [0.1, 0.15) is 72.1 Å². The molecule has 0 heterocycles. The van der Waals surface area contributed by atoms with Crippen molar-refractivity contribution in [3.8, 4) is 0 Å². The van der Waals surface area contributed by atoms with E-state index in [1.807, 2.05) is 0 Å². The van der Waals surface area contributed by atoms with Crippen molar-refractivity contribution >= 4 is 5.97 Å². The maximum Gasteiger partial charge on any atom is 0.302 e. The highest BCUT2D eigenvalue weighted by Gasteiger charge is 2.06. The van der Waals surface area contributed by atoms with Crippen molar-refractivity contribution in [2.24, 2.45) is 5.92 Å². The predicted molar refractivity (Wildman–Crippen MR) is 114 cm³/mol. The summed E-state index contributed by atoms with van der Waals surface area (Å²) in [6, 6.07) is 0. The number of rotatable bonds is 15. The minimum atomic E-state index is -0.182. The molecule has 0 aliphatic heterocycles. The Hall–Kier alpha value is -1.83. The van der Waals surface area contributed by atoms with Gasteiger partial charge in [0, 0.05) is 6.92 Å². The molecule has 0 radical (unpaired) electrons. The molecular weight excluding hydrogens is 320 g/mol. The van der Waals surface area contributed by atoms with Gasteiger partial charge in [0.05, 0.1) is 6.61 Å². The van der Waals surface area contributed by atoms with Crippen LogP contribution < -0.4 is 0 Å². The van der Waals surface area contributed by atoms with Gasteiger partial charge >= 0.3 is 5.97 Å². The van der Waals surface area contributed by atoms with Gasteiger partial charge in [-0.25, -0.2) is 0 Å². The average Bonchev–Trinajstić information content (AvgIpc) is 2.63. The molecule has 0 N–H and O–H groups in total. The molecule has 0 rings (SSSR count). The molecule has 0 saturated heterocycles. The summed E-state index contributed by atoms with van der Waals surface area (Å²) in [5, 5.41) is 0. The molecule has 0 amide bonds. The lowest BCUT2D eigenvalue weighted by Gasteiger charge is -2.12. The van der Waals surface area contributed by atoms with E-state index < -0.39 is 0 Å². The third kappa shape index (κ3) is 18.5. The molecule has 0 spiro atoms. The highest BCUT2D eigenvalue weighted by molar-refractivity contribution is 5.65. The van der Waals surface area contributed by atoms with Crippen LogP contribution in [0.2, 0.25) is 0 Å². The molecule has 0 fully saturated rings. The second-order valence-electron chi connectivity index (χ2n) is 6.36. The van der Waals surface area contributed by atoms with Gasteiger partial charge in [0.15, 0.2) is 0 Å². The van der Waals surface area contributed by atoms with Gasteiger partial charge in [0.25, 0.3) is 0 Å². The zero-order valence-corrected chi connectivity index (χ0v) is 17.0. The van der Waals surface area contributed by atoms with E-state index in [1.165, 1.54) is 6.92 Å². The van der Waals surface area contributed by atoms with Crippen molar-refractivity contribution < 1.29 is 9.53 Å². The van der Waals surface area contributed by atoms with Crippen molar-refractivity contribution in [1.29, 1.82) is 0 Å². The first-order valence-electron chi connectivity index (χ1n) is 10.1. The van der Waals surface area contributed by atoms with Gasteiger partial charge < -0.3 is 4.74 Å². The van der Waals surface area contributed by atoms with Gasteiger partial charge in [0.2, 0.25) is 0 Å². The van der Waals surface area contributed by atoms with Gasteiger partial charge in [-0.2, -0.15) is 0 Å². The molecule has 0 saturated carbocycles. The molecule has 0 aromatic rings. The molecule has 1 unspecified atom stereocenters. The smallest absolute Gasteiger partial charge is 0.302 e. The van der Waals surface area contributed by atoms with Gasteiger partial charge in [-0.15, -0.1) is 0 Å². The second-order valence-corrected chi connectivity index (χ2v) is 6.36. The maximum atomic E-state index is 10.8. The van der Waals surface area contributed by atoms with E-state index >= 15 is 0 Å². The molecule has 0 aliphatic rings. The van der Waals surface area contributed by atoms with Crippen molar-refractivity contribution in [1.82, 2.24) is 0 Å². The topological polar surface area (TPSA) is 26.3 Å². The number of ether oxygens (including phenoxy) is 1. The Morgan fingerprint density at radius 2 is 1.23 bits per heavy atom. The molecule has 0 aliphatic carbocycles. The van der Waals surface area contributed by atoms with Gasteiger partial charge in [0.1, 0.15) is 0 Å². The van der Waals surface area contributed by atoms with Gasteiger partial charge in [-0.1, -0.05) is 81.0 Å². The summed E-state index contributed by atoms with van der Waals surface area (Å²) in [6.07, 6.45) is 30.5. The number of allylic oxidation sites excluding steroid dienone is 10. The van der Waals surface area contributed by atoms with Crippen LogP contribution in [-0.2, 0) is 9.53 Å². The van der Waals surface area contributed by atoms with Crippen LogP contribution in [0.4, 0.5) is 0 Å². The van der Waals surface area contributed by atoms with Crippen LogP contribution in [0.3, 0.4) is 0 Å². The Balaban J connectivity index is 3.64. The zero-order valence-electron chi connectivity index (χ0n) is 17.0. The van der Waals surface area contributed by atoms with E-state index in [-0.39, 0.29) is 5.97 Å². The summed E-state index contributed by atoms with van der Waals surface area (Å²) < 4.78 is 5.09. The number of esters is 1. The SMILES string of the molecule is CCC=CCC=CCC=CCC=CCC=CCCC(CC)COC(C)=O. The van der Waals surface area contributed by atoms with E-state index in [4.69, 9.17) is 4.74 Å². The summed E-state index contributed by atoms with van der Waals surface area (Å²) in [6.45, 7) is 6.32. The number of carbonyl (C=O) groups excluding carboxylic acids is 1. The van der Waals surface area contributed by atoms with Gasteiger partial charge in [-0.05, 0) is 50.9 Å². The van der Waals surface area contributed by atoms with E-state index in [0.29, 0.717) is 12.5 Å². The molecule has 0 aromatic heterocycles. The average molecular weight is 359 g/mol. The third-order valence-electron chi connectivity index (χ3n) is 4.00. The fourth-order valence-corrected chi connectivity index (χ4v) is 2.34. The first-order valence-corrected chi connectivity index (χ1v) is 10.1. The fraction of sp³-hybridized carbons (Fsp3) is 0.542. The molecule has 2 nitrogen and oxygen atoms in total. The summed E-state index contributed by atoms with van der Waals surface area (Å²) in [5.41, 5.74) is 0. The predicted octanol–water partition coefficient (Wildman–Crippen LogP) is 7.11. The highest BCUT2D eigenvalue weighted by Crippen LogP contribution is 2.12. The Morgan fingerprint density at radius 1 is 0.769 bits per heavy atom. The Kier molecular flexibility index (Phi) is 18.1. The quantitative estimate of drug-likeness (QED) is 0.230. The number of hydrogen-bond acceptors (Lipinski definition) is 2. The third-order valence-corrected chi connectivity index (χ3v) is 4.00. The molecule has 2 heteroatoms. The lowest BCUT2D eigenvalue weighted by Crippen LogP contribution is -2.11. The molecular formula is C24H38O2. The van der Waals surface area contributed by atoms with E-state index in [1.54, 1.807) is 0 Å². The summed E-state index contributed by atoms with van der Waals surface area (Å²) in [5.74, 6) is 0.291. The minimum Gasteiger partial charge on any atom is -0.466 e.